The fourth-order valence-corrected chi connectivity index (χ4v) is 5.55. The maximum absolute atomic E-state index is 14.5. The fraction of sp³-hybridized carbons (Fsp3) is 0.250. The van der Waals surface area contributed by atoms with E-state index in [1.165, 1.54) is 39.8 Å². The molecular weight excluding hydrogens is 486 g/mol. The number of thioether (sulfide) groups is 1. The number of rotatable bonds is 2. The highest BCUT2D eigenvalue weighted by Crippen LogP contribution is 2.43. The standard InChI is InChI=1S/C24H19F4N3O3S/c1-13(24(26,27)28)29-12-31(30-9-8-18(32)22(33)21(30)23(29)34)20-16-5-3-2-4-14(16)11-35-19-7-6-15(25)10-17(19)20/h2-10,13,20,33H,11-12H2,1H3. The average Bonchev–Trinajstić information content (AvgIpc) is 2.97. The Morgan fingerprint density at radius 2 is 1.83 bits per heavy atom. The zero-order valence-corrected chi connectivity index (χ0v) is 19.1. The molecule has 182 valence electrons. The average molecular weight is 505 g/mol. The van der Waals surface area contributed by atoms with Gasteiger partial charge in [-0.25, -0.2) is 4.39 Å². The highest BCUT2D eigenvalue weighted by atomic mass is 32.2. The zero-order valence-electron chi connectivity index (χ0n) is 18.3. The van der Waals surface area contributed by atoms with Crippen LogP contribution < -0.4 is 10.4 Å². The van der Waals surface area contributed by atoms with Crippen molar-refractivity contribution in [2.24, 2.45) is 0 Å². The monoisotopic (exact) mass is 505 g/mol. The van der Waals surface area contributed by atoms with E-state index >= 15 is 0 Å². The number of alkyl halides is 3. The van der Waals surface area contributed by atoms with Gasteiger partial charge < -0.3 is 10.0 Å². The number of nitrogens with zero attached hydrogens (tertiary/aromatic N) is 3. The van der Waals surface area contributed by atoms with E-state index < -0.39 is 53.5 Å². The maximum atomic E-state index is 14.5. The lowest BCUT2D eigenvalue weighted by Gasteiger charge is -2.46. The number of hydrogen-bond donors (Lipinski definition) is 1. The van der Waals surface area contributed by atoms with Gasteiger partial charge in [0.15, 0.2) is 11.4 Å². The van der Waals surface area contributed by atoms with Gasteiger partial charge in [-0.3, -0.25) is 19.3 Å². The van der Waals surface area contributed by atoms with Crippen molar-refractivity contribution < 1.29 is 27.5 Å². The Hall–Kier alpha value is -3.47. The molecule has 2 unspecified atom stereocenters. The predicted octanol–water partition coefficient (Wildman–Crippen LogP) is 4.39. The summed E-state index contributed by atoms with van der Waals surface area (Å²) in [6.07, 6.45) is -3.51. The van der Waals surface area contributed by atoms with Crippen molar-refractivity contribution in [1.82, 2.24) is 9.58 Å². The predicted molar refractivity (Wildman–Crippen MR) is 121 cm³/mol. The Balaban J connectivity index is 1.79. The molecule has 35 heavy (non-hydrogen) atoms. The van der Waals surface area contributed by atoms with Crippen molar-refractivity contribution in [2.45, 2.75) is 35.8 Å². The summed E-state index contributed by atoms with van der Waals surface area (Å²) in [6, 6.07) is 9.56. The van der Waals surface area contributed by atoms with Gasteiger partial charge in [-0.05, 0) is 41.8 Å². The quantitative estimate of drug-likeness (QED) is 0.524. The maximum Gasteiger partial charge on any atom is 0.408 e. The summed E-state index contributed by atoms with van der Waals surface area (Å²) in [5, 5.41) is 11.9. The first-order chi connectivity index (χ1) is 16.6. The second-order valence-corrected chi connectivity index (χ2v) is 9.38. The highest BCUT2D eigenvalue weighted by Gasteiger charge is 2.47. The molecule has 5 rings (SSSR count). The SMILES string of the molecule is CC(N1CN(C2c3ccccc3CSc3ccc(F)cc32)n2ccc(=O)c(O)c2C1=O)C(F)(F)F. The van der Waals surface area contributed by atoms with Gasteiger partial charge in [0, 0.05) is 22.9 Å². The number of carbonyl (C=O) groups is 1. The van der Waals surface area contributed by atoms with Crippen molar-refractivity contribution in [3.63, 3.8) is 0 Å². The first-order valence-electron chi connectivity index (χ1n) is 10.7. The van der Waals surface area contributed by atoms with Crippen molar-refractivity contribution in [3.05, 3.63) is 93.2 Å². The molecule has 0 bridgehead atoms. The Morgan fingerprint density at radius 1 is 1.09 bits per heavy atom. The van der Waals surface area contributed by atoms with Crippen LogP contribution >= 0.6 is 11.8 Å². The largest absolute Gasteiger partial charge is 0.502 e. The Bertz CT molecular complexity index is 1390. The molecule has 3 heterocycles. The lowest BCUT2D eigenvalue weighted by atomic mass is 9.94. The number of fused-ring (bicyclic) bond motifs is 3. The molecule has 11 heteroatoms. The van der Waals surface area contributed by atoms with Crippen LogP contribution in [-0.4, -0.2) is 39.5 Å². The van der Waals surface area contributed by atoms with Crippen LogP contribution in [0, 0.1) is 5.82 Å². The lowest BCUT2D eigenvalue weighted by molar-refractivity contribution is -0.173. The lowest BCUT2D eigenvalue weighted by Crippen LogP contribution is -2.60. The van der Waals surface area contributed by atoms with Crippen LogP contribution in [0.25, 0.3) is 0 Å². The molecule has 0 radical (unpaired) electrons. The van der Waals surface area contributed by atoms with Crippen LogP contribution in [0.15, 0.2) is 64.4 Å². The number of benzene rings is 2. The molecule has 1 aromatic heterocycles. The van der Waals surface area contributed by atoms with E-state index in [4.69, 9.17) is 0 Å². The summed E-state index contributed by atoms with van der Waals surface area (Å²) in [5.74, 6) is -2.05. The van der Waals surface area contributed by atoms with Gasteiger partial charge in [0.2, 0.25) is 5.43 Å². The number of halogens is 4. The molecule has 0 saturated heterocycles. The third kappa shape index (κ3) is 3.83. The molecular formula is C24H19F4N3O3S. The molecule has 3 aromatic rings. The van der Waals surface area contributed by atoms with Crippen LogP contribution in [0.5, 0.6) is 5.75 Å². The third-order valence-electron chi connectivity index (χ3n) is 6.33. The molecule has 0 spiro atoms. The van der Waals surface area contributed by atoms with Gasteiger partial charge in [-0.15, -0.1) is 11.8 Å². The molecule has 1 N–H and O–H groups in total. The first-order valence-corrected chi connectivity index (χ1v) is 11.7. The summed E-state index contributed by atoms with van der Waals surface area (Å²) in [4.78, 5) is 26.6. The Morgan fingerprint density at radius 3 is 2.57 bits per heavy atom. The molecule has 1 amide bonds. The Kier molecular flexibility index (Phi) is 5.54. The molecule has 0 saturated carbocycles. The van der Waals surface area contributed by atoms with E-state index in [9.17, 15) is 32.3 Å². The normalized spacial score (nSPS) is 18.4. The number of amides is 1. The number of carbonyl (C=O) groups excluding carboxylic acids is 1. The second-order valence-electron chi connectivity index (χ2n) is 8.37. The van der Waals surface area contributed by atoms with Crippen molar-refractivity contribution in [3.8, 4) is 5.75 Å². The topological polar surface area (TPSA) is 65.8 Å². The van der Waals surface area contributed by atoms with Crippen LogP contribution in [0.4, 0.5) is 17.6 Å². The number of pyridine rings is 1. The minimum absolute atomic E-state index is 0.498. The van der Waals surface area contributed by atoms with Crippen molar-refractivity contribution in [1.29, 1.82) is 0 Å². The van der Waals surface area contributed by atoms with Crippen molar-refractivity contribution >= 4 is 17.7 Å². The number of aromatic hydroxyl groups is 1. The van der Waals surface area contributed by atoms with E-state index in [-0.39, 0.29) is 0 Å². The summed E-state index contributed by atoms with van der Waals surface area (Å²) < 4.78 is 56.8. The van der Waals surface area contributed by atoms with E-state index in [1.54, 1.807) is 18.2 Å². The smallest absolute Gasteiger partial charge is 0.408 e. The van der Waals surface area contributed by atoms with Gasteiger partial charge >= 0.3 is 6.18 Å². The van der Waals surface area contributed by atoms with Crippen LogP contribution in [0.2, 0.25) is 0 Å². The summed E-state index contributed by atoms with van der Waals surface area (Å²) in [5.41, 5.74) is 0.625. The summed E-state index contributed by atoms with van der Waals surface area (Å²) in [7, 11) is 0. The molecule has 6 nitrogen and oxygen atoms in total. The van der Waals surface area contributed by atoms with E-state index in [0.29, 0.717) is 21.8 Å². The van der Waals surface area contributed by atoms with Gasteiger partial charge in [0.05, 0.1) is 6.04 Å². The molecule has 2 aliphatic rings. The second kappa shape index (κ2) is 8.33. The number of aromatic nitrogens is 1. The molecule has 0 aliphatic carbocycles. The minimum Gasteiger partial charge on any atom is -0.502 e. The van der Waals surface area contributed by atoms with Crippen LogP contribution in [0.1, 0.15) is 40.1 Å². The Labute approximate surface area is 201 Å². The van der Waals surface area contributed by atoms with Crippen LogP contribution in [-0.2, 0) is 5.75 Å². The summed E-state index contributed by atoms with van der Waals surface area (Å²) in [6.45, 7) is 0.322. The molecule has 2 aromatic carbocycles. The van der Waals surface area contributed by atoms with E-state index in [0.717, 1.165) is 23.4 Å². The van der Waals surface area contributed by atoms with E-state index in [2.05, 4.69) is 0 Å². The first kappa shape index (κ1) is 23.3. The van der Waals surface area contributed by atoms with E-state index in [1.807, 2.05) is 12.1 Å². The molecule has 0 fully saturated rings. The highest BCUT2D eigenvalue weighted by molar-refractivity contribution is 7.98. The van der Waals surface area contributed by atoms with Gasteiger partial charge in [0.25, 0.3) is 5.91 Å². The number of hydrogen-bond acceptors (Lipinski definition) is 5. The van der Waals surface area contributed by atoms with Crippen molar-refractivity contribution in [2.75, 3.05) is 11.7 Å². The molecule has 2 atom stereocenters. The van der Waals surface area contributed by atoms with Crippen LogP contribution in [0.3, 0.4) is 0 Å². The fourth-order valence-electron chi connectivity index (χ4n) is 4.48. The van der Waals surface area contributed by atoms with Gasteiger partial charge in [-0.1, -0.05) is 24.3 Å². The minimum atomic E-state index is -4.75. The summed E-state index contributed by atoms with van der Waals surface area (Å²) >= 11 is 1.46. The zero-order chi connectivity index (χ0) is 25.1. The van der Waals surface area contributed by atoms with Gasteiger partial charge in [0.1, 0.15) is 18.5 Å². The third-order valence-corrected chi connectivity index (χ3v) is 7.47. The van der Waals surface area contributed by atoms with Gasteiger partial charge in [-0.2, -0.15) is 13.2 Å². The molecule has 2 aliphatic heterocycles.